The van der Waals surface area contributed by atoms with Crippen molar-refractivity contribution in [1.29, 1.82) is 0 Å². The number of aryl methyl sites for hydroxylation is 1. The van der Waals surface area contributed by atoms with Gasteiger partial charge in [-0.1, -0.05) is 23.7 Å². The molecule has 0 aliphatic rings. The van der Waals surface area contributed by atoms with E-state index in [1.54, 1.807) is 37.3 Å². The minimum absolute atomic E-state index is 0.253. The molecule has 3 rings (SSSR count). The summed E-state index contributed by atoms with van der Waals surface area (Å²) in [7, 11) is 1.52. The summed E-state index contributed by atoms with van der Waals surface area (Å²) < 4.78 is 15.8. The van der Waals surface area contributed by atoms with Gasteiger partial charge in [0.2, 0.25) is 0 Å². The highest BCUT2D eigenvalue weighted by Gasteiger charge is 2.12. The molecule has 1 heterocycles. The van der Waals surface area contributed by atoms with Crippen LogP contribution in [0.25, 0.3) is 11.0 Å². The maximum atomic E-state index is 12.1. The van der Waals surface area contributed by atoms with Crippen LogP contribution < -0.4 is 20.4 Å². The van der Waals surface area contributed by atoms with Gasteiger partial charge in [-0.15, -0.1) is 0 Å². The van der Waals surface area contributed by atoms with Gasteiger partial charge in [0, 0.05) is 17.5 Å². The molecule has 0 unspecified atom stereocenters. The highest BCUT2D eigenvalue weighted by Crippen LogP contribution is 2.31. The third kappa shape index (κ3) is 3.81. The van der Waals surface area contributed by atoms with Crippen molar-refractivity contribution in [2.24, 2.45) is 0 Å². The fourth-order valence-corrected chi connectivity index (χ4v) is 2.73. The third-order valence-electron chi connectivity index (χ3n) is 3.74. The highest BCUT2D eigenvalue weighted by molar-refractivity contribution is 6.32. The summed E-state index contributed by atoms with van der Waals surface area (Å²) in [4.78, 5) is 23.6. The van der Waals surface area contributed by atoms with Crippen LogP contribution in [0.1, 0.15) is 5.56 Å². The number of para-hydroxylation sites is 2. The van der Waals surface area contributed by atoms with Crippen molar-refractivity contribution in [2.75, 3.05) is 19.0 Å². The van der Waals surface area contributed by atoms with E-state index in [0.717, 1.165) is 5.56 Å². The monoisotopic (exact) mass is 373 g/mol. The second kappa shape index (κ2) is 7.49. The van der Waals surface area contributed by atoms with E-state index in [9.17, 15) is 9.59 Å². The molecule has 0 atom stereocenters. The van der Waals surface area contributed by atoms with E-state index in [4.69, 9.17) is 25.5 Å². The number of fused-ring (bicyclic) bond motifs is 1. The smallest absolute Gasteiger partial charge is 0.336 e. The molecule has 0 aliphatic heterocycles. The standard InChI is InChI=1S/C19H16ClNO5/c1-11-7-19(23)26-16-9-17(13(20)8-12(11)16)25-10-18(22)21-14-5-3-4-6-15(14)24-2/h3-9H,10H2,1-2H3,(H,21,22). The van der Waals surface area contributed by atoms with E-state index >= 15 is 0 Å². The number of anilines is 1. The van der Waals surface area contributed by atoms with Crippen LogP contribution in [0.2, 0.25) is 5.02 Å². The molecule has 0 spiro atoms. The highest BCUT2D eigenvalue weighted by atomic mass is 35.5. The van der Waals surface area contributed by atoms with Gasteiger partial charge < -0.3 is 19.2 Å². The van der Waals surface area contributed by atoms with Crippen molar-refractivity contribution in [1.82, 2.24) is 0 Å². The van der Waals surface area contributed by atoms with Gasteiger partial charge in [-0.25, -0.2) is 4.79 Å². The molecule has 0 bridgehead atoms. The summed E-state index contributed by atoms with van der Waals surface area (Å²) in [5.41, 5.74) is 1.17. The first kappa shape index (κ1) is 17.8. The Hall–Kier alpha value is -2.99. The number of carbonyl (C=O) groups excluding carboxylic acids is 1. The van der Waals surface area contributed by atoms with E-state index in [0.29, 0.717) is 27.4 Å². The fourth-order valence-electron chi connectivity index (χ4n) is 2.51. The van der Waals surface area contributed by atoms with Crippen LogP contribution in [-0.2, 0) is 4.79 Å². The largest absolute Gasteiger partial charge is 0.495 e. The van der Waals surface area contributed by atoms with E-state index in [1.165, 1.54) is 19.2 Å². The van der Waals surface area contributed by atoms with Gasteiger partial charge >= 0.3 is 5.63 Å². The van der Waals surface area contributed by atoms with E-state index < -0.39 is 5.63 Å². The number of benzene rings is 2. The van der Waals surface area contributed by atoms with Crippen molar-refractivity contribution in [2.45, 2.75) is 6.92 Å². The van der Waals surface area contributed by atoms with Crippen LogP contribution in [0.3, 0.4) is 0 Å². The van der Waals surface area contributed by atoms with E-state index in [-0.39, 0.29) is 18.3 Å². The molecule has 0 aliphatic carbocycles. The number of methoxy groups -OCH3 is 1. The molecule has 1 aromatic heterocycles. The summed E-state index contributed by atoms with van der Waals surface area (Å²) >= 11 is 6.21. The molecule has 26 heavy (non-hydrogen) atoms. The lowest BCUT2D eigenvalue weighted by atomic mass is 10.1. The van der Waals surface area contributed by atoms with Gasteiger partial charge in [0.1, 0.15) is 17.1 Å². The molecule has 0 saturated heterocycles. The van der Waals surface area contributed by atoms with E-state index in [2.05, 4.69) is 5.32 Å². The number of carbonyl (C=O) groups is 1. The molecule has 1 amide bonds. The lowest BCUT2D eigenvalue weighted by molar-refractivity contribution is -0.118. The van der Waals surface area contributed by atoms with Crippen molar-refractivity contribution in [3.63, 3.8) is 0 Å². The summed E-state index contributed by atoms with van der Waals surface area (Å²) in [6.45, 7) is 1.52. The van der Waals surface area contributed by atoms with Crippen molar-refractivity contribution >= 4 is 34.2 Å². The summed E-state index contributed by atoms with van der Waals surface area (Å²) in [6, 6.07) is 11.6. The number of rotatable bonds is 5. The SMILES string of the molecule is COc1ccccc1NC(=O)COc1cc2oc(=O)cc(C)c2cc1Cl. The average Bonchev–Trinajstić information content (AvgIpc) is 2.61. The number of halogens is 1. The van der Waals surface area contributed by atoms with Gasteiger partial charge in [0.05, 0.1) is 17.8 Å². The zero-order valence-electron chi connectivity index (χ0n) is 14.2. The lowest BCUT2D eigenvalue weighted by Crippen LogP contribution is -2.20. The fraction of sp³-hybridized carbons (Fsp3) is 0.158. The summed E-state index contributed by atoms with van der Waals surface area (Å²) in [5.74, 6) is 0.418. The second-order valence-electron chi connectivity index (χ2n) is 5.56. The zero-order valence-corrected chi connectivity index (χ0v) is 14.9. The van der Waals surface area contributed by atoms with Crippen LogP contribution in [0.15, 0.2) is 51.7 Å². The van der Waals surface area contributed by atoms with Gasteiger partial charge in [0.25, 0.3) is 5.91 Å². The summed E-state index contributed by atoms with van der Waals surface area (Å²) in [6.07, 6.45) is 0. The minimum Gasteiger partial charge on any atom is -0.495 e. The van der Waals surface area contributed by atoms with Crippen LogP contribution in [0, 0.1) is 6.92 Å². The Kier molecular flexibility index (Phi) is 5.14. The van der Waals surface area contributed by atoms with Gasteiger partial charge in [-0.2, -0.15) is 0 Å². The van der Waals surface area contributed by atoms with E-state index in [1.807, 2.05) is 0 Å². The maximum absolute atomic E-state index is 12.1. The Balaban J connectivity index is 1.76. The number of hydrogen-bond donors (Lipinski definition) is 1. The van der Waals surface area contributed by atoms with Crippen molar-refractivity contribution < 1.29 is 18.7 Å². The molecular weight excluding hydrogens is 358 g/mol. The molecular formula is C19H16ClNO5. The van der Waals surface area contributed by atoms with Crippen LogP contribution in [0.4, 0.5) is 5.69 Å². The first-order valence-electron chi connectivity index (χ1n) is 7.77. The predicted molar refractivity (Wildman–Crippen MR) is 99.3 cm³/mol. The first-order valence-corrected chi connectivity index (χ1v) is 8.15. The van der Waals surface area contributed by atoms with Crippen molar-refractivity contribution in [3.8, 4) is 11.5 Å². The Labute approximate surface area is 154 Å². The van der Waals surface area contributed by atoms with Crippen LogP contribution in [-0.4, -0.2) is 19.6 Å². The molecule has 2 aromatic carbocycles. The molecule has 6 nitrogen and oxygen atoms in total. The molecule has 0 fully saturated rings. The quantitative estimate of drug-likeness (QED) is 0.688. The molecule has 7 heteroatoms. The first-order chi connectivity index (χ1) is 12.5. The summed E-state index contributed by atoms with van der Waals surface area (Å²) in [5, 5.41) is 3.73. The Morgan fingerprint density at radius 3 is 2.73 bits per heavy atom. The predicted octanol–water partition coefficient (Wildman–Crippen LogP) is 3.78. The average molecular weight is 374 g/mol. The van der Waals surface area contributed by atoms with Gasteiger partial charge in [0.15, 0.2) is 6.61 Å². The molecule has 0 saturated carbocycles. The Bertz CT molecular complexity index is 1030. The Morgan fingerprint density at radius 2 is 1.96 bits per heavy atom. The van der Waals surface area contributed by atoms with Crippen molar-refractivity contribution in [3.05, 3.63) is 63.5 Å². The normalized spacial score (nSPS) is 10.6. The second-order valence-corrected chi connectivity index (χ2v) is 5.97. The van der Waals surface area contributed by atoms with Crippen LogP contribution >= 0.6 is 11.6 Å². The number of hydrogen-bond acceptors (Lipinski definition) is 5. The van der Waals surface area contributed by atoms with Crippen LogP contribution in [0.5, 0.6) is 11.5 Å². The zero-order chi connectivity index (χ0) is 18.7. The third-order valence-corrected chi connectivity index (χ3v) is 4.04. The number of nitrogens with one attached hydrogen (secondary N) is 1. The molecule has 3 aromatic rings. The molecule has 0 radical (unpaired) electrons. The number of amides is 1. The number of ether oxygens (including phenoxy) is 2. The molecule has 134 valence electrons. The van der Waals surface area contributed by atoms with Gasteiger partial charge in [-0.05, 0) is 30.7 Å². The maximum Gasteiger partial charge on any atom is 0.336 e. The molecule has 1 N–H and O–H groups in total. The Morgan fingerprint density at radius 1 is 1.19 bits per heavy atom. The van der Waals surface area contributed by atoms with Gasteiger partial charge in [-0.3, -0.25) is 4.79 Å². The minimum atomic E-state index is -0.461. The topological polar surface area (TPSA) is 77.8 Å². The lowest BCUT2D eigenvalue weighted by Gasteiger charge is -2.12.